The Labute approximate surface area is 416 Å². The first kappa shape index (κ1) is 43.2. The Hall–Kier alpha value is -6.84. The van der Waals surface area contributed by atoms with Gasteiger partial charge in [0, 0.05) is 27.6 Å². The van der Waals surface area contributed by atoms with Crippen molar-refractivity contribution >= 4 is 78.8 Å². The van der Waals surface area contributed by atoms with Crippen LogP contribution in [0.25, 0.3) is 43.8 Å². The van der Waals surface area contributed by atoms with Crippen LogP contribution in [0.3, 0.4) is 0 Å². The molecule has 2 aliphatic heterocycles. The van der Waals surface area contributed by atoms with Crippen molar-refractivity contribution in [1.82, 2.24) is 0 Å². The van der Waals surface area contributed by atoms with Gasteiger partial charge in [-0.2, -0.15) is 0 Å². The first-order chi connectivity index (χ1) is 33.2. The number of benzene rings is 9. The fraction of sp³-hybridized carbons (Fsp3) is 0.254. The first-order valence-electron chi connectivity index (χ1n) is 25.6. The van der Waals surface area contributed by atoms with E-state index in [1.807, 2.05) is 0 Å². The fourth-order valence-corrected chi connectivity index (χ4v) is 13.7. The highest BCUT2D eigenvalue weighted by atomic mass is 15.3. The molecule has 0 unspecified atom stereocenters. The Bertz CT molecular complexity index is 3770. The van der Waals surface area contributed by atoms with Gasteiger partial charge in [0.2, 0.25) is 6.71 Å². The number of nitrogens with zero attached hydrogens (tertiary/aromatic N) is 2. The number of anilines is 6. The molecular weight excluding hydrogens is 844 g/mol. The predicted molar refractivity (Wildman–Crippen MR) is 302 cm³/mol. The van der Waals surface area contributed by atoms with Gasteiger partial charge < -0.3 is 9.80 Å². The van der Waals surface area contributed by atoms with Crippen molar-refractivity contribution in [1.29, 1.82) is 0 Å². The summed E-state index contributed by atoms with van der Waals surface area (Å²) in [5.41, 5.74) is 29.0. The lowest BCUT2D eigenvalue weighted by molar-refractivity contribution is 0.584. The van der Waals surface area contributed by atoms with Gasteiger partial charge in [-0.25, -0.2) is 0 Å². The summed E-state index contributed by atoms with van der Waals surface area (Å²) in [6, 6.07) is 57.4. The first-order valence-corrected chi connectivity index (χ1v) is 25.6. The molecule has 0 amide bonds. The lowest BCUT2D eigenvalue weighted by atomic mass is 9.33. The predicted octanol–water partition coefficient (Wildman–Crippen LogP) is 16.2. The van der Waals surface area contributed by atoms with Gasteiger partial charge in [0.1, 0.15) is 0 Å². The van der Waals surface area contributed by atoms with E-state index in [1.54, 1.807) is 0 Å². The summed E-state index contributed by atoms with van der Waals surface area (Å²) < 4.78 is 0. The lowest BCUT2D eigenvalue weighted by Gasteiger charge is -2.47. The van der Waals surface area contributed by atoms with Crippen LogP contribution in [-0.4, -0.2) is 6.71 Å². The topological polar surface area (TPSA) is 6.48 Å². The van der Waals surface area contributed by atoms with Gasteiger partial charge in [0.25, 0.3) is 0 Å². The van der Waals surface area contributed by atoms with E-state index < -0.39 is 0 Å². The van der Waals surface area contributed by atoms with Gasteiger partial charge in [-0.1, -0.05) is 213 Å². The second kappa shape index (κ2) is 14.2. The summed E-state index contributed by atoms with van der Waals surface area (Å²) in [7, 11) is 0. The van der Waals surface area contributed by atoms with Gasteiger partial charge in [-0.15, -0.1) is 0 Å². The van der Waals surface area contributed by atoms with E-state index in [4.69, 9.17) is 0 Å². The second-order valence-electron chi connectivity index (χ2n) is 24.4. The Balaban J connectivity index is 1.21. The monoisotopic (exact) mass is 907 g/mol. The molecule has 0 fully saturated rings. The molecule has 0 N–H and O–H groups in total. The van der Waals surface area contributed by atoms with Crippen LogP contribution < -0.4 is 26.2 Å². The Morgan fingerprint density at radius 1 is 0.414 bits per heavy atom. The van der Waals surface area contributed by atoms with Gasteiger partial charge in [0.15, 0.2) is 0 Å². The second-order valence-corrected chi connectivity index (χ2v) is 24.4. The molecule has 9 aromatic rings. The lowest BCUT2D eigenvalue weighted by Crippen LogP contribution is -2.59. The Morgan fingerprint density at radius 3 is 1.54 bits per heavy atom. The molecule has 0 radical (unpaired) electrons. The van der Waals surface area contributed by atoms with Crippen molar-refractivity contribution in [2.24, 2.45) is 0 Å². The van der Waals surface area contributed by atoms with Crippen molar-refractivity contribution in [3.8, 4) is 22.3 Å². The fourth-order valence-electron chi connectivity index (χ4n) is 13.7. The van der Waals surface area contributed by atoms with E-state index in [0.29, 0.717) is 0 Å². The Morgan fingerprint density at radius 2 is 0.943 bits per heavy atom. The highest BCUT2D eigenvalue weighted by Gasteiger charge is 2.49. The van der Waals surface area contributed by atoms with Gasteiger partial charge >= 0.3 is 0 Å². The van der Waals surface area contributed by atoms with Gasteiger partial charge in [-0.3, -0.25) is 0 Å². The molecule has 0 aromatic heterocycles. The highest BCUT2D eigenvalue weighted by Crippen LogP contribution is 2.63. The molecule has 0 saturated heterocycles. The van der Waals surface area contributed by atoms with E-state index in [2.05, 4.69) is 245 Å². The summed E-state index contributed by atoms with van der Waals surface area (Å²) >= 11 is 0. The molecule has 344 valence electrons. The molecule has 4 aliphatic rings. The van der Waals surface area contributed by atoms with Crippen molar-refractivity contribution in [3.63, 3.8) is 0 Å². The maximum atomic E-state index is 2.75. The van der Waals surface area contributed by atoms with Crippen LogP contribution in [-0.2, 0) is 21.7 Å². The van der Waals surface area contributed by atoms with E-state index in [1.165, 1.54) is 144 Å². The van der Waals surface area contributed by atoms with Gasteiger partial charge in [0.05, 0.1) is 28.4 Å². The van der Waals surface area contributed by atoms with E-state index in [-0.39, 0.29) is 28.4 Å². The molecule has 0 bridgehead atoms. The van der Waals surface area contributed by atoms with Crippen molar-refractivity contribution in [2.75, 3.05) is 9.80 Å². The molecule has 13 rings (SSSR count). The zero-order valence-corrected chi connectivity index (χ0v) is 43.3. The third kappa shape index (κ3) is 5.75. The highest BCUT2D eigenvalue weighted by molar-refractivity contribution is 7.00. The molecule has 0 spiro atoms. The summed E-state index contributed by atoms with van der Waals surface area (Å²) in [4.78, 5) is 5.43. The molecular formula is C67H63BN2. The number of hydrogen-bond donors (Lipinski definition) is 0. The summed E-state index contributed by atoms with van der Waals surface area (Å²) in [6.07, 6.45) is 0. The van der Waals surface area contributed by atoms with Crippen LogP contribution in [0.4, 0.5) is 34.1 Å². The van der Waals surface area contributed by atoms with Crippen LogP contribution in [0.5, 0.6) is 0 Å². The zero-order valence-electron chi connectivity index (χ0n) is 43.3. The van der Waals surface area contributed by atoms with Crippen LogP contribution >= 0.6 is 0 Å². The number of fused-ring (bicyclic) bond motifs is 14. The number of hydrogen-bond acceptors (Lipinski definition) is 2. The van der Waals surface area contributed by atoms with Crippen molar-refractivity contribution < 1.29 is 0 Å². The van der Waals surface area contributed by atoms with E-state index in [9.17, 15) is 0 Å². The van der Waals surface area contributed by atoms with E-state index >= 15 is 0 Å². The summed E-state index contributed by atoms with van der Waals surface area (Å²) in [5.74, 6) is 0. The van der Waals surface area contributed by atoms with Crippen molar-refractivity contribution in [3.05, 3.63) is 196 Å². The largest absolute Gasteiger partial charge is 0.307 e. The van der Waals surface area contributed by atoms with Crippen LogP contribution in [0.2, 0.25) is 0 Å². The summed E-state index contributed by atoms with van der Waals surface area (Å²) in [5, 5.41) is 5.04. The van der Waals surface area contributed by atoms with Crippen molar-refractivity contribution in [2.45, 2.75) is 112 Å². The molecule has 0 saturated carbocycles. The minimum Gasteiger partial charge on any atom is -0.307 e. The Kier molecular flexibility index (Phi) is 8.74. The molecule has 2 aliphatic carbocycles. The van der Waals surface area contributed by atoms with Crippen LogP contribution in [0.1, 0.15) is 119 Å². The quantitative estimate of drug-likeness (QED) is 0.160. The average Bonchev–Trinajstić information content (AvgIpc) is 3.69. The zero-order chi connectivity index (χ0) is 48.7. The average molecular weight is 907 g/mol. The minimum atomic E-state index is -0.204. The summed E-state index contributed by atoms with van der Waals surface area (Å²) in [6.45, 7) is 30.7. The maximum absolute atomic E-state index is 2.75. The molecule has 3 heteroatoms. The molecule has 9 aromatic carbocycles. The molecule has 0 atom stereocenters. The molecule has 70 heavy (non-hydrogen) atoms. The van der Waals surface area contributed by atoms with E-state index in [0.717, 1.165) is 0 Å². The standard InChI is InChI=1S/C67H63BN2/c1-38-31-39(2)60(40(3)32-38)68-53-30-29-50-59(48-28-26-45(65(7,8)9)37-52(48)67(50,12)13)62(53)70-56-34-42-20-15-14-19-41(42)33-55(56)69(57-35-43-21-16-17-22-46(43)61(68)63(57)70)54-24-18-23-49-58(54)47-27-25-44(64(4,5)6)36-51(47)66(49,10)11/h14-37H,1-13H3. The van der Waals surface area contributed by atoms with Crippen LogP contribution in [0, 0.1) is 20.8 Å². The number of rotatable bonds is 2. The molecule has 2 heterocycles. The third-order valence-electron chi connectivity index (χ3n) is 17.2. The minimum absolute atomic E-state index is 0.0261. The van der Waals surface area contributed by atoms with Crippen LogP contribution in [0.15, 0.2) is 146 Å². The SMILES string of the molecule is Cc1cc(C)c(B2c3ccc4c(c3N3c5cc6ccccc6cc5N(c5cccc6c5-c5ccc(C(C)(C)C)cc5C6(C)C)c5cc6ccccc6c2c53)-c2ccc(C(C)(C)C)cc2C4(C)C)c(C)c1. The normalized spacial score (nSPS) is 15.6. The van der Waals surface area contributed by atoms with Gasteiger partial charge in [-0.05, 0) is 133 Å². The molecule has 2 nitrogen and oxygen atoms in total. The maximum Gasteiger partial charge on any atom is 0.248 e. The smallest absolute Gasteiger partial charge is 0.248 e. The third-order valence-corrected chi connectivity index (χ3v) is 17.2. The number of aryl methyl sites for hydroxylation is 3.